The van der Waals surface area contributed by atoms with Gasteiger partial charge >= 0.3 is 5.97 Å². The quantitative estimate of drug-likeness (QED) is 0.612. The van der Waals surface area contributed by atoms with E-state index in [-0.39, 0.29) is 17.0 Å². The molecule has 1 fully saturated rings. The van der Waals surface area contributed by atoms with Crippen molar-refractivity contribution in [1.29, 1.82) is 0 Å². The van der Waals surface area contributed by atoms with E-state index >= 15 is 0 Å². The molecule has 106 valence electrons. The van der Waals surface area contributed by atoms with Crippen LogP contribution in [0.25, 0.3) is 0 Å². The van der Waals surface area contributed by atoms with Gasteiger partial charge < -0.3 is 4.74 Å². The zero-order chi connectivity index (χ0) is 14.0. The third-order valence-corrected chi connectivity index (χ3v) is 5.39. The van der Waals surface area contributed by atoms with Crippen molar-refractivity contribution in [2.45, 2.75) is 72.3 Å². The molecule has 0 radical (unpaired) electrons. The zero-order valence-electron chi connectivity index (χ0n) is 12.5. The molecule has 0 aromatic heterocycles. The van der Waals surface area contributed by atoms with Gasteiger partial charge in [0.25, 0.3) is 0 Å². The predicted octanol–water partition coefficient (Wildman–Crippen LogP) is 4.23. The number of carbonyl (C=O) groups excluding carboxylic acids is 1. The molecule has 0 N–H and O–H groups in total. The van der Waals surface area contributed by atoms with Crippen molar-refractivity contribution in [1.82, 2.24) is 0 Å². The molecule has 1 aliphatic rings. The molecule has 0 bridgehead atoms. The topological polar surface area (TPSA) is 26.3 Å². The molecule has 1 rings (SSSR count). The van der Waals surface area contributed by atoms with Crippen LogP contribution in [0.2, 0.25) is 0 Å². The summed E-state index contributed by atoms with van der Waals surface area (Å²) in [7, 11) is 0. The lowest BCUT2D eigenvalue weighted by molar-refractivity contribution is -0.182. The lowest BCUT2D eigenvalue weighted by Crippen LogP contribution is -2.47. The first-order valence-electron chi connectivity index (χ1n) is 7.05. The van der Waals surface area contributed by atoms with Crippen LogP contribution in [-0.2, 0) is 9.53 Å². The molecule has 0 aromatic rings. The summed E-state index contributed by atoms with van der Waals surface area (Å²) in [6, 6.07) is 0. The van der Waals surface area contributed by atoms with E-state index in [9.17, 15) is 4.79 Å². The lowest BCUT2D eigenvalue weighted by Gasteiger charge is -2.43. The summed E-state index contributed by atoms with van der Waals surface area (Å²) in [5, 5.41) is 0. The number of rotatable bonds is 4. The Morgan fingerprint density at radius 1 is 1.22 bits per heavy atom. The highest BCUT2D eigenvalue weighted by atomic mass is 32.1. The van der Waals surface area contributed by atoms with E-state index in [1.807, 2.05) is 13.8 Å². The Bertz CT molecular complexity index is 294. The van der Waals surface area contributed by atoms with Crippen molar-refractivity contribution < 1.29 is 9.53 Å². The molecular formula is C15H28O2S. The van der Waals surface area contributed by atoms with Gasteiger partial charge in [-0.15, -0.1) is 0 Å². The van der Waals surface area contributed by atoms with Crippen molar-refractivity contribution in [2.75, 3.05) is 5.75 Å². The van der Waals surface area contributed by atoms with Crippen molar-refractivity contribution >= 4 is 18.6 Å². The molecule has 0 heterocycles. The predicted molar refractivity (Wildman–Crippen MR) is 79.0 cm³/mol. The van der Waals surface area contributed by atoms with Gasteiger partial charge in [0.05, 0.1) is 5.41 Å². The van der Waals surface area contributed by atoms with Crippen LogP contribution >= 0.6 is 12.6 Å². The highest BCUT2D eigenvalue weighted by Crippen LogP contribution is 2.47. The van der Waals surface area contributed by atoms with Gasteiger partial charge in [0.15, 0.2) is 0 Å². The third-order valence-electron chi connectivity index (χ3n) is 4.69. The van der Waals surface area contributed by atoms with Crippen LogP contribution in [0.1, 0.15) is 66.7 Å². The Hall–Kier alpha value is -0.180. The SMILES string of the molecule is CCC(C)(CS)C(=O)OC1(C(C)(C)C)CCCC1. The van der Waals surface area contributed by atoms with E-state index in [2.05, 4.69) is 33.4 Å². The van der Waals surface area contributed by atoms with E-state index in [1.165, 1.54) is 0 Å². The van der Waals surface area contributed by atoms with Crippen LogP contribution in [-0.4, -0.2) is 17.3 Å². The smallest absolute Gasteiger partial charge is 0.313 e. The molecule has 1 saturated carbocycles. The summed E-state index contributed by atoms with van der Waals surface area (Å²) in [5.74, 6) is 0.472. The first kappa shape index (κ1) is 15.9. The second-order valence-electron chi connectivity index (χ2n) is 6.91. The molecule has 1 aliphatic carbocycles. The van der Waals surface area contributed by atoms with E-state index in [0.717, 1.165) is 32.1 Å². The van der Waals surface area contributed by atoms with Crippen molar-refractivity contribution in [3.8, 4) is 0 Å². The average molecular weight is 272 g/mol. The Kier molecular flexibility index (Phi) is 4.80. The molecule has 3 heteroatoms. The van der Waals surface area contributed by atoms with Crippen LogP contribution in [0.15, 0.2) is 0 Å². The minimum absolute atomic E-state index is 0.00438. The number of ether oxygens (including phenoxy) is 1. The van der Waals surface area contributed by atoms with Crippen LogP contribution < -0.4 is 0 Å². The fourth-order valence-electron chi connectivity index (χ4n) is 2.57. The van der Waals surface area contributed by atoms with Gasteiger partial charge in [0.2, 0.25) is 0 Å². The molecular weight excluding hydrogens is 244 g/mol. The van der Waals surface area contributed by atoms with Gasteiger partial charge in [-0.3, -0.25) is 4.79 Å². The van der Waals surface area contributed by atoms with Crippen LogP contribution in [0.4, 0.5) is 0 Å². The summed E-state index contributed by atoms with van der Waals surface area (Å²) in [5.41, 5.74) is -0.724. The van der Waals surface area contributed by atoms with Crippen molar-refractivity contribution in [3.05, 3.63) is 0 Å². The standard InChI is InChI=1S/C15H28O2S/c1-6-14(5,11-18)12(16)17-15(13(2,3)4)9-7-8-10-15/h18H,6-11H2,1-5H3. The third kappa shape index (κ3) is 2.87. The molecule has 0 amide bonds. The Labute approximate surface area is 117 Å². The first-order chi connectivity index (χ1) is 8.21. The summed E-state index contributed by atoms with van der Waals surface area (Å²) < 4.78 is 6.02. The maximum Gasteiger partial charge on any atom is 0.313 e. The average Bonchev–Trinajstić information content (AvgIpc) is 2.77. The Balaban J connectivity index is 2.90. The minimum atomic E-state index is -0.454. The molecule has 0 spiro atoms. The number of thiol groups is 1. The van der Waals surface area contributed by atoms with Crippen molar-refractivity contribution in [2.24, 2.45) is 10.8 Å². The van der Waals surface area contributed by atoms with Crippen LogP contribution in [0.5, 0.6) is 0 Å². The normalized spacial score (nSPS) is 22.6. The van der Waals surface area contributed by atoms with Crippen LogP contribution in [0.3, 0.4) is 0 Å². The molecule has 1 atom stereocenters. The Morgan fingerprint density at radius 2 is 1.72 bits per heavy atom. The molecule has 0 aliphatic heterocycles. The zero-order valence-corrected chi connectivity index (χ0v) is 13.4. The number of esters is 1. The summed E-state index contributed by atoms with van der Waals surface area (Å²) in [6.45, 7) is 10.5. The van der Waals surface area contributed by atoms with Crippen LogP contribution in [0, 0.1) is 10.8 Å². The largest absolute Gasteiger partial charge is 0.458 e. The molecule has 18 heavy (non-hydrogen) atoms. The van der Waals surface area contributed by atoms with Gasteiger partial charge in [0, 0.05) is 11.2 Å². The number of carbonyl (C=O) groups is 1. The van der Waals surface area contributed by atoms with E-state index in [0.29, 0.717) is 5.75 Å². The highest BCUT2D eigenvalue weighted by Gasteiger charge is 2.49. The number of hydrogen-bond acceptors (Lipinski definition) is 3. The maximum absolute atomic E-state index is 12.5. The van der Waals surface area contributed by atoms with Gasteiger partial charge in [-0.1, -0.05) is 27.7 Å². The monoisotopic (exact) mass is 272 g/mol. The lowest BCUT2D eigenvalue weighted by atomic mass is 9.74. The fourth-order valence-corrected chi connectivity index (χ4v) is 2.93. The first-order valence-corrected chi connectivity index (χ1v) is 7.68. The maximum atomic E-state index is 12.5. The molecule has 2 nitrogen and oxygen atoms in total. The highest BCUT2D eigenvalue weighted by molar-refractivity contribution is 7.80. The van der Waals surface area contributed by atoms with Gasteiger partial charge in [0.1, 0.15) is 5.60 Å². The summed E-state index contributed by atoms with van der Waals surface area (Å²) in [4.78, 5) is 12.5. The fraction of sp³-hybridized carbons (Fsp3) is 0.933. The summed E-state index contributed by atoms with van der Waals surface area (Å²) >= 11 is 4.32. The van der Waals surface area contributed by atoms with Gasteiger partial charge in [-0.25, -0.2) is 0 Å². The second kappa shape index (κ2) is 5.44. The van der Waals surface area contributed by atoms with E-state index in [4.69, 9.17) is 4.74 Å². The second-order valence-corrected chi connectivity index (χ2v) is 7.23. The molecule has 0 saturated heterocycles. The van der Waals surface area contributed by atoms with Gasteiger partial charge in [-0.2, -0.15) is 12.6 Å². The van der Waals surface area contributed by atoms with E-state index in [1.54, 1.807) is 0 Å². The van der Waals surface area contributed by atoms with Gasteiger partial charge in [-0.05, 0) is 39.0 Å². The summed E-state index contributed by atoms with van der Waals surface area (Å²) in [6.07, 6.45) is 5.08. The Morgan fingerprint density at radius 3 is 2.06 bits per heavy atom. The molecule has 0 aromatic carbocycles. The molecule has 1 unspecified atom stereocenters. The van der Waals surface area contributed by atoms with Crippen molar-refractivity contribution in [3.63, 3.8) is 0 Å². The minimum Gasteiger partial charge on any atom is -0.458 e. The van der Waals surface area contributed by atoms with E-state index < -0.39 is 5.41 Å². The number of hydrogen-bond donors (Lipinski definition) is 1.